The third-order valence-electron chi connectivity index (χ3n) is 2.80. The highest BCUT2D eigenvalue weighted by Gasteiger charge is 2.19. The third-order valence-corrected chi connectivity index (χ3v) is 2.80. The molecule has 0 atom stereocenters. The molecule has 0 radical (unpaired) electrons. The Labute approximate surface area is 108 Å². The molecule has 0 bridgehead atoms. The highest BCUT2D eigenvalue weighted by Crippen LogP contribution is 2.26. The van der Waals surface area contributed by atoms with Crippen molar-refractivity contribution >= 4 is 11.7 Å². The molecular formula is C14H18N2O2. The number of esters is 1. The second kappa shape index (κ2) is 6.06. The Morgan fingerprint density at radius 2 is 2.17 bits per heavy atom. The molecule has 4 nitrogen and oxygen atoms in total. The van der Waals surface area contributed by atoms with Crippen molar-refractivity contribution in [1.29, 1.82) is 5.26 Å². The molecule has 0 saturated carbocycles. The first-order valence-electron chi connectivity index (χ1n) is 5.84. The van der Waals surface area contributed by atoms with Crippen LogP contribution >= 0.6 is 0 Å². The maximum atomic E-state index is 11.5. The lowest BCUT2D eigenvalue weighted by Crippen LogP contribution is -2.37. The zero-order valence-corrected chi connectivity index (χ0v) is 11.2. The monoisotopic (exact) mass is 246 g/mol. The number of methoxy groups -OCH3 is 1. The van der Waals surface area contributed by atoms with Gasteiger partial charge >= 0.3 is 5.97 Å². The number of rotatable bonds is 4. The molecule has 0 aromatic heterocycles. The van der Waals surface area contributed by atoms with Crippen LogP contribution in [0.15, 0.2) is 18.2 Å². The molecule has 0 spiro atoms. The van der Waals surface area contributed by atoms with Crippen LogP contribution in [0.3, 0.4) is 0 Å². The summed E-state index contributed by atoms with van der Waals surface area (Å²) in [6.45, 7) is 6.05. The van der Waals surface area contributed by atoms with E-state index in [2.05, 4.69) is 6.07 Å². The summed E-state index contributed by atoms with van der Waals surface area (Å²) in [5.74, 6) is -0.309. The lowest BCUT2D eigenvalue weighted by molar-refractivity contribution is -0.139. The fraction of sp³-hybridized carbons (Fsp3) is 0.429. The first-order chi connectivity index (χ1) is 8.51. The van der Waals surface area contributed by atoms with Crippen LogP contribution in [0.4, 0.5) is 5.69 Å². The van der Waals surface area contributed by atoms with Crippen molar-refractivity contribution in [3.05, 3.63) is 29.3 Å². The lowest BCUT2D eigenvalue weighted by atomic mass is 10.1. The molecule has 0 saturated heterocycles. The minimum atomic E-state index is -0.309. The number of nitrogens with zero attached hydrogens (tertiary/aromatic N) is 2. The van der Waals surface area contributed by atoms with Crippen molar-refractivity contribution in [2.75, 3.05) is 18.6 Å². The van der Waals surface area contributed by atoms with E-state index in [4.69, 9.17) is 4.74 Å². The van der Waals surface area contributed by atoms with Crippen LogP contribution in [0, 0.1) is 18.3 Å². The van der Waals surface area contributed by atoms with Crippen molar-refractivity contribution in [3.63, 3.8) is 0 Å². The van der Waals surface area contributed by atoms with Gasteiger partial charge in [-0.1, -0.05) is 12.1 Å². The molecular weight excluding hydrogens is 228 g/mol. The average Bonchev–Trinajstić information content (AvgIpc) is 2.35. The van der Waals surface area contributed by atoms with Gasteiger partial charge in [0.1, 0.15) is 12.6 Å². The number of aryl methyl sites for hydroxylation is 1. The van der Waals surface area contributed by atoms with Crippen LogP contribution in [0.5, 0.6) is 0 Å². The molecule has 1 aromatic carbocycles. The molecule has 0 N–H and O–H groups in total. The molecule has 0 aliphatic carbocycles. The van der Waals surface area contributed by atoms with Crippen LogP contribution in [0.2, 0.25) is 0 Å². The zero-order valence-electron chi connectivity index (χ0n) is 11.2. The summed E-state index contributed by atoms with van der Waals surface area (Å²) >= 11 is 0. The minimum Gasteiger partial charge on any atom is -0.468 e. The van der Waals surface area contributed by atoms with E-state index < -0.39 is 0 Å². The van der Waals surface area contributed by atoms with Gasteiger partial charge in [-0.2, -0.15) is 5.26 Å². The number of carbonyl (C=O) groups excluding carboxylic acids is 1. The maximum absolute atomic E-state index is 11.5. The van der Waals surface area contributed by atoms with Gasteiger partial charge in [-0.05, 0) is 32.4 Å². The topological polar surface area (TPSA) is 53.3 Å². The summed E-state index contributed by atoms with van der Waals surface area (Å²) in [7, 11) is 1.36. The Kier molecular flexibility index (Phi) is 4.73. The van der Waals surface area contributed by atoms with Crippen LogP contribution < -0.4 is 4.90 Å². The normalized spacial score (nSPS) is 10.0. The van der Waals surface area contributed by atoms with Crippen molar-refractivity contribution in [2.45, 2.75) is 26.8 Å². The Bertz CT molecular complexity index is 475. The van der Waals surface area contributed by atoms with E-state index in [1.807, 2.05) is 37.8 Å². The Morgan fingerprint density at radius 3 is 2.67 bits per heavy atom. The second-order valence-corrected chi connectivity index (χ2v) is 4.38. The number of hydrogen-bond acceptors (Lipinski definition) is 4. The largest absolute Gasteiger partial charge is 0.468 e. The van der Waals surface area contributed by atoms with E-state index in [9.17, 15) is 10.1 Å². The number of nitriles is 1. The lowest BCUT2D eigenvalue weighted by Gasteiger charge is -2.30. The minimum absolute atomic E-state index is 0.109. The molecule has 18 heavy (non-hydrogen) atoms. The van der Waals surface area contributed by atoms with E-state index in [1.165, 1.54) is 7.11 Å². The SMILES string of the molecule is COC(=O)CN(c1c(C)cccc1C#N)C(C)C. The predicted molar refractivity (Wildman–Crippen MR) is 70.4 cm³/mol. The highest BCUT2D eigenvalue weighted by atomic mass is 16.5. The van der Waals surface area contributed by atoms with Crippen molar-refractivity contribution in [3.8, 4) is 6.07 Å². The number of para-hydroxylation sites is 1. The van der Waals surface area contributed by atoms with Gasteiger partial charge in [0.2, 0.25) is 0 Å². The van der Waals surface area contributed by atoms with Crippen molar-refractivity contribution < 1.29 is 9.53 Å². The number of hydrogen-bond donors (Lipinski definition) is 0. The number of carbonyl (C=O) groups is 1. The standard InChI is InChI=1S/C14H18N2O2/c1-10(2)16(9-13(17)18-4)14-11(3)6-5-7-12(14)8-15/h5-7,10H,9H2,1-4H3. The summed E-state index contributed by atoms with van der Waals surface area (Å²) in [4.78, 5) is 13.4. The molecule has 0 aliphatic heterocycles. The molecule has 0 fully saturated rings. The molecule has 0 unspecified atom stereocenters. The number of anilines is 1. The van der Waals surface area contributed by atoms with E-state index in [0.717, 1.165) is 11.3 Å². The average molecular weight is 246 g/mol. The van der Waals surface area contributed by atoms with Gasteiger partial charge < -0.3 is 9.64 Å². The van der Waals surface area contributed by atoms with Crippen molar-refractivity contribution in [1.82, 2.24) is 0 Å². The molecule has 0 aliphatic rings. The smallest absolute Gasteiger partial charge is 0.325 e. The van der Waals surface area contributed by atoms with E-state index in [-0.39, 0.29) is 18.6 Å². The van der Waals surface area contributed by atoms with Gasteiger partial charge in [0.15, 0.2) is 0 Å². The summed E-state index contributed by atoms with van der Waals surface area (Å²) in [5, 5.41) is 9.17. The number of benzene rings is 1. The van der Waals surface area contributed by atoms with Gasteiger partial charge in [-0.25, -0.2) is 0 Å². The van der Waals surface area contributed by atoms with Crippen molar-refractivity contribution in [2.24, 2.45) is 0 Å². The Morgan fingerprint density at radius 1 is 1.50 bits per heavy atom. The van der Waals surface area contributed by atoms with E-state index in [1.54, 1.807) is 6.07 Å². The van der Waals surface area contributed by atoms with Gasteiger partial charge in [0.05, 0.1) is 18.4 Å². The van der Waals surface area contributed by atoms with E-state index in [0.29, 0.717) is 5.56 Å². The third kappa shape index (κ3) is 3.01. The van der Waals surface area contributed by atoms with Crippen LogP contribution in [-0.2, 0) is 9.53 Å². The summed E-state index contributed by atoms with van der Waals surface area (Å²) in [6, 6.07) is 7.81. The maximum Gasteiger partial charge on any atom is 0.325 e. The first kappa shape index (κ1) is 14.0. The molecule has 1 aromatic rings. The van der Waals surface area contributed by atoms with E-state index >= 15 is 0 Å². The molecule has 4 heteroatoms. The summed E-state index contributed by atoms with van der Waals surface area (Å²) in [5.41, 5.74) is 2.36. The van der Waals surface area contributed by atoms with Crippen LogP contribution in [0.1, 0.15) is 25.0 Å². The molecule has 0 heterocycles. The van der Waals surface area contributed by atoms with Gasteiger partial charge in [-0.3, -0.25) is 4.79 Å². The van der Waals surface area contributed by atoms with Crippen LogP contribution in [-0.4, -0.2) is 25.7 Å². The van der Waals surface area contributed by atoms with Gasteiger partial charge in [-0.15, -0.1) is 0 Å². The van der Waals surface area contributed by atoms with Gasteiger partial charge in [0.25, 0.3) is 0 Å². The van der Waals surface area contributed by atoms with Crippen LogP contribution in [0.25, 0.3) is 0 Å². The Balaban J connectivity index is 3.22. The fourth-order valence-corrected chi connectivity index (χ4v) is 1.85. The predicted octanol–water partition coefficient (Wildman–Crippen LogP) is 2.25. The molecule has 96 valence electrons. The van der Waals surface area contributed by atoms with Gasteiger partial charge in [0, 0.05) is 6.04 Å². The summed E-state index contributed by atoms with van der Waals surface area (Å²) < 4.78 is 4.70. The molecule has 1 rings (SSSR count). The fourth-order valence-electron chi connectivity index (χ4n) is 1.85. The molecule has 0 amide bonds. The Hall–Kier alpha value is -2.02. The number of ether oxygens (including phenoxy) is 1. The highest BCUT2D eigenvalue weighted by molar-refractivity contribution is 5.78. The quantitative estimate of drug-likeness (QED) is 0.765. The second-order valence-electron chi connectivity index (χ2n) is 4.38. The summed E-state index contributed by atoms with van der Waals surface area (Å²) in [6.07, 6.45) is 0. The first-order valence-corrected chi connectivity index (χ1v) is 5.84. The zero-order chi connectivity index (χ0) is 13.7.